The third-order valence-corrected chi connectivity index (χ3v) is 6.95. The van der Waals surface area contributed by atoms with Gasteiger partial charge in [0, 0.05) is 6.54 Å². The number of esters is 1. The number of carbonyl (C=O) groups excluding carboxylic acids is 2. The number of hydrogen-bond acceptors (Lipinski definition) is 6. The van der Waals surface area contributed by atoms with Crippen LogP contribution in [0.1, 0.15) is 27.2 Å². The van der Waals surface area contributed by atoms with Gasteiger partial charge in [-0.15, -0.1) is 0 Å². The van der Waals surface area contributed by atoms with E-state index in [2.05, 4.69) is 5.32 Å². The maximum absolute atomic E-state index is 13.2. The molecule has 32 heavy (non-hydrogen) atoms. The fourth-order valence-electron chi connectivity index (χ4n) is 3.15. The summed E-state index contributed by atoms with van der Waals surface area (Å²) in [6.45, 7) is 5.46. The minimum Gasteiger partial charge on any atom is -0.465 e. The molecule has 0 aliphatic carbocycles. The standard InChI is InChI=1S/C23H31N2O6P/c1-4-29-22(26)21(32(28,30-5-2)31-6-3)17-18-24-23(27)25(19-13-9-7-10-14-19)20-15-11-8-12-16-20/h7-16,21H,4-6,17-18H2,1-3H3,(H,24,27). The minimum atomic E-state index is -3.75. The van der Waals surface area contributed by atoms with Crippen LogP contribution in [-0.4, -0.2) is 44.0 Å². The van der Waals surface area contributed by atoms with Crippen molar-refractivity contribution in [1.82, 2.24) is 5.32 Å². The van der Waals surface area contributed by atoms with Gasteiger partial charge in [0.2, 0.25) is 0 Å². The predicted octanol–water partition coefficient (Wildman–Crippen LogP) is 5.12. The largest absolute Gasteiger partial charge is 0.465 e. The molecule has 9 heteroatoms. The van der Waals surface area contributed by atoms with Crippen molar-refractivity contribution in [2.24, 2.45) is 0 Å². The SMILES string of the molecule is CCOC(=O)C(CCNC(=O)N(c1ccccc1)c1ccccc1)P(=O)(OCC)OCC. The number of amides is 2. The first-order valence-corrected chi connectivity index (χ1v) is 12.3. The number of carbonyl (C=O) groups is 2. The average molecular weight is 462 g/mol. The highest BCUT2D eigenvalue weighted by Crippen LogP contribution is 2.54. The molecule has 174 valence electrons. The van der Waals surface area contributed by atoms with Crippen LogP contribution in [0, 0.1) is 0 Å². The highest BCUT2D eigenvalue weighted by molar-refractivity contribution is 7.55. The molecule has 8 nitrogen and oxygen atoms in total. The lowest BCUT2D eigenvalue weighted by Gasteiger charge is -2.26. The molecule has 2 aromatic carbocycles. The van der Waals surface area contributed by atoms with Crippen LogP contribution in [0.5, 0.6) is 0 Å². The molecule has 0 aliphatic heterocycles. The number of nitrogens with zero attached hydrogens (tertiary/aromatic N) is 1. The second-order valence-electron chi connectivity index (χ2n) is 6.67. The van der Waals surface area contributed by atoms with Crippen molar-refractivity contribution in [1.29, 1.82) is 0 Å². The molecule has 2 rings (SSSR count). The molecule has 1 unspecified atom stereocenters. The summed E-state index contributed by atoms with van der Waals surface area (Å²) in [4.78, 5) is 27.1. The van der Waals surface area contributed by atoms with Crippen LogP contribution in [0.25, 0.3) is 0 Å². The molecule has 0 saturated carbocycles. The Bertz CT molecular complexity index is 844. The molecular weight excluding hydrogens is 431 g/mol. The van der Waals surface area contributed by atoms with Gasteiger partial charge in [0.1, 0.15) is 0 Å². The highest BCUT2D eigenvalue weighted by Gasteiger charge is 2.42. The number of benzene rings is 2. The van der Waals surface area contributed by atoms with E-state index in [4.69, 9.17) is 13.8 Å². The second kappa shape index (κ2) is 13.0. The van der Waals surface area contributed by atoms with Gasteiger partial charge in [-0.1, -0.05) is 36.4 Å². The molecule has 2 amide bonds. The van der Waals surface area contributed by atoms with Gasteiger partial charge < -0.3 is 19.1 Å². The summed E-state index contributed by atoms with van der Waals surface area (Å²) in [7, 11) is -3.75. The number of anilines is 2. The summed E-state index contributed by atoms with van der Waals surface area (Å²) < 4.78 is 29.0. The van der Waals surface area contributed by atoms with Crippen LogP contribution < -0.4 is 10.2 Å². The maximum Gasteiger partial charge on any atom is 0.344 e. The predicted molar refractivity (Wildman–Crippen MR) is 124 cm³/mol. The van der Waals surface area contributed by atoms with E-state index in [9.17, 15) is 14.2 Å². The highest BCUT2D eigenvalue weighted by atomic mass is 31.2. The molecule has 0 aromatic heterocycles. The molecular formula is C23H31N2O6P. The number of urea groups is 1. The van der Waals surface area contributed by atoms with Crippen molar-refractivity contribution < 1.29 is 27.9 Å². The summed E-state index contributed by atoms with van der Waals surface area (Å²) in [6.07, 6.45) is 0.0409. The van der Waals surface area contributed by atoms with Gasteiger partial charge in [-0.05, 0) is 51.5 Å². The van der Waals surface area contributed by atoms with Crippen molar-refractivity contribution in [3.63, 3.8) is 0 Å². The van der Waals surface area contributed by atoms with E-state index >= 15 is 0 Å². The smallest absolute Gasteiger partial charge is 0.344 e. The number of nitrogens with one attached hydrogen (secondary N) is 1. The van der Waals surface area contributed by atoms with Crippen molar-refractivity contribution in [2.45, 2.75) is 32.9 Å². The molecule has 0 saturated heterocycles. The number of rotatable bonds is 12. The topological polar surface area (TPSA) is 94.2 Å². The van der Waals surface area contributed by atoms with Crippen molar-refractivity contribution in [3.05, 3.63) is 60.7 Å². The lowest BCUT2D eigenvalue weighted by Crippen LogP contribution is -2.39. The fourth-order valence-corrected chi connectivity index (χ4v) is 5.09. The fraction of sp³-hybridized carbons (Fsp3) is 0.391. The number of hydrogen-bond donors (Lipinski definition) is 1. The zero-order valence-corrected chi connectivity index (χ0v) is 19.6. The van der Waals surface area contributed by atoms with Crippen LogP contribution in [0.2, 0.25) is 0 Å². The van der Waals surface area contributed by atoms with E-state index in [1.54, 1.807) is 20.8 Å². The second-order valence-corrected chi connectivity index (χ2v) is 8.89. The third-order valence-electron chi connectivity index (χ3n) is 4.48. The summed E-state index contributed by atoms with van der Waals surface area (Å²) in [5.74, 6) is -0.671. The van der Waals surface area contributed by atoms with Gasteiger partial charge in [0.15, 0.2) is 5.66 Å². The quantitative estimate of drug-likeness (QED) is 0.347. The van der Waals surface area contributed by atoms with Gasteiger partial charge in [-0.3, -0.25) is 14.3 Å². The minimum absolute atomic E-state index is 0.0409. The molecule has 0 aliphatic rings. The Labute approximate surface area is 189 Å². The monoisotopic (exact) mass is 462 g/mol. The van der Waals surface area contributed by atoms with Crippen LogP contribution >= 0.6 is 7.60 Å². The number of para-hydroxylation sites is 2. The normalized spacial score (nSPS) is 12.1. The summed E-state index contributed by atoms with van der Waals surface area (Å²) in [5.41, 5.74) is 0.240. The van der Waals surface area contributed by atoms with E-state index in [0.717, 1.165) is 0 Å². The van der Waals surface area contributed by atoms with Crippen LogP contribution in [0.3, 0.4) is 0 Å². The van der Waals surface area contributed by atoms with E-state index in [1.165, 1.54) is 4.90 Å². The number of ether oxygens (including phenoxy) is 1. The zero-order chi connectivity index (χ0) is 23.4. The van der Waals surface area contributed by atoms with Gasteiger partial charge in [-0.2, -0.15) is 0 Å². The summed E-state index contributed by atoms with van der Waals surface area (Å²) in [5, 5.41) is 2.81. The Morgan fingerprint density at radius 2 is 1.38 bits per heavy atom. The van der Waals surface area contributed by atoms with E-state index in [1.807, 2.05) is 60.7 Å². The van der Waals surface area contributed by atoms with Crippen LogP contribution in [0.15, 0.2) is 60.7 Å². The first-order valence-electron chi connectivity index (χ1n) is 10.7. The molecule has 1 N–H and O–H groups in total. The van der Waals surface area contributed by atoms with Gasteiger partial charge >= 0.3 is 19.6 Å². The molecule has 0 fully saturated rings. The first kappa shape index (κ1) is 25.6. The van der Waals surface area contributed by atoms with Crippen LogP contribution in [-0.2, 0) is 23.1 Å². The van der Waals surface area contributed by atoms with Gasteiger partial charge in [-0.25, -0.2) is 4.79 Å². The Morgan fingerprint density at radius 1 is 0.875 bits per heavy atom. The molecule has 0 radical (unpaired) electrons. The molecule has 1 atom stereocenters. The average Bonchev–Trinajstić information content (AvgIpc) is 2.79. The Morgan fingerprint density at radius 3 is 1.81 bits per heavy atom. The van der Waals surface area contributed by atoms with E-state index < -0.39 is 19.2 Å². The summed E-state index contributed by atoms with van der Waals surface area (Å²) in [6, 6.07) is 18.0. The van der Waals surface area contributed by atoms with Crippen molar-refractivity contribution in [2.75, 3.05) is 31.3 Å². The molecule has 0 heterocycles. The van der Waals surface area contributed by atoms with Crippen molar-refractivity contribution >= 4 is 31.0 Å². The molecule has 2 aromatic rings. The van der Waals surface area contributed by atoms with Crippen LogP contribution in [0.4, 0.5) is 16.2 Å². The third kappa shape index (κ3) is 6.92. The zero-order valence-electron chi connectivity index (χ0n) is 18.7. The van der Waals surface area contributed by atoms with E-state index in [0.29, 0.717) is 11.4 Å². The van der Waals surface area contributed by atoms with Gasteiger partial charge in [0.05, 0.1) is 31.2 Å². The summed E-state index contributed by atoms with van der Waals surface area (Å²) >= 11 is 0. The lowest BCUT2D eigenvalue weighted by molar-refractivity contribution is -0.143. The Kier molecular flexibility index (Phi) is 10.4. The maximum atomic E-state index is 13.2. The Hall–Kier alpha value is -2.67. The van der Waals surface area contributed by atoms with Gasteiger partial charge in [0.25, 0.3) is 0 Å². The molecule has 0 bridgehead atoms. The Balaban J connectivity index is 2.18. The van der Waals surface area contributed by atoms with Crippen molar-refractivity contribution in [3.8, 4) is 0 Å². The van der Waals surface area contributed by atoms with E-state index in [-0.39, 0.29) is 38.8 Å². The first-order chi connectivity index (χ1) is 15.5. The molecule has 0 spiro atoms. The lowest BCUT2D eigenvalue weighted by atomic mass is 10.2.